The van der Waals surface area contributed by atoms with Crippen LogP contribution >= 0.6 is 0 Å². The number of aliphatic carboxylic acids is 1. The number of rotatable bonds is 5. The lowest BCUT2D eigenvalue weighted by Crippen LogP contribution is -2.45. The second kappa shape index (κ2) is 6.60. The highest BCUT2D eigenvalue weighted by atomic mass is 16.4. The third-order valence-electron chi connectivity index (χ3n) is 3.90. The van der Waals surface area contributed by atoms with Crippen LogP contribution in [-0.2, 0) is 9.59 Å². The molecule has 2 rings (SSSR count). The van der Waals surface area contributed by atoms with E-state index in [1.165, 1.54) is 0 Å². The highest BCUT2D eigenvalue weighted by molar-refractivity contribution is 5.90. The minimum absolute atomic E-state index is 0.162. The molecule has 2 atom stereocenters. The Balaban J connectivity index is 2.19. The van der Waals surface area contributed by atoms with Gasteiger partial charge in [0.05, 0.1) is 5.92 Å². The van der Waals surface area contributed by atoms with Crippen LogP contribution in [0.1, 0.15) is 32.3 Å². The largest absolute Gasteiger partial charge is 0.480 e. The van der Waals surface area contributed by atoms with E-state index in [2.05, 4.69) is 5.32 Å². The summed E-state index contributed by atoms with van der Waals surface area (Å²) in [5.41, 5.74) is 0.879. The van der Waals surface area contributed by atoms with E-state index in [1.807, 2.05) is 42.5 Å². The fourth-order valence-corrected chi connectivity index (χ4v) is 2.42. The molecule has 4 heteroatoms. The van der Waals surface area contributed by atoms with Crippen LogP contribution in [0.15, 0.2) is 42.5 Å². The Kier molecular flexibility index (Phi) is 4.81. The number of hydrogen-bond acceptors (Lipinski definition) is 2. The van der Waals surface area contributed by atoms with E-state index in [4.69, 9.17) is 0 Å². The lowest BCUT2D eigenvalue weighted by atomic mass is 9.96. The minimum atomic E-state index is -1.01. The average molecular weight is 299 g/mol. The van der Waals surface area contributed by atoms with Gasteiger partial charge in [0.25, 0.3) is 0 Å². The zero-order valence-corrected chi connectivity index (χ0v) is 13.0. The van der Waals surface area contributed by atoms with Crippen LogP contribution in [-0.4, -0.2) is 23.0 Å². The molecule has 0 heterocycles. The summed E-state index contributed by atoms with van der Waals surface area (Å²) in [6.45, 7) is 5.35. The standard InChI is InChI=1S/C18H21NO3/c1-11(2)16(18(21)22)19-17(20)12(3)14-9-8-13-6-4-5-7-15(13)10-14/h4-12,16H,1-3H3,(H,19,20)(H,21,22)/t12?,16-/m0/s1. The van der Waals surface area contributed by atoms with Gasteiger partial charge in [-0.1, -0.05) is 56.3 Å². The molecule has 0 saturated heterocycles. The Bertz CT molecular complexity index is 694. The Morgan fingerprint density at radius 2 is 1.64 bits per heavy atom. The quantitative estimate of drug-likeness (QED) is 0.891. The molecule has 1 amide bonds. The van der Waals surface area contributed by atoms with Crippen molar-refractivity contribution in [3.8, 4) is 0 Å². The zero-order valence-electron chi connectivity index (χ0n) is 13.0. The summed E-state index contributed by atoms with van der Waals surface area (Å²) in [6.07, 6.45) is 0. The summed E-state index contributed by atoms with van der Waals surface area (Å²) in [5.74, 6) is -1.83. The lowest BCUT2D eigenvalue weighted by Gasteiger charge is -2.21. The molecule has 0 aliphatic rings. The fraction of sp³-hybridized carbons (Fsp3) is 0.333. The van der Waals surface area contributed by atoms with E-state index in [9.17, 15) is 14.7 Å². The highest BCUT2D eigenvalue weighted by Crippen LogP contribution is 2.22. The van der Waals surface area contributed by atoms with Gasteiger partial charge < -0.3 is 10.4 Å². The molecule has 0 bridgehead atoms. The van der Waals surface area contributed by atoms with Gasteiger partial charge in [0.2, 0.25) is 5.91 Å². The van der Waals surface area contributed by atoms with Crippen molar-refractivity contribution in [2.24, 2.45) is 5.92 Å². The van der Waals surface area contributed by atoms with Crippen molar-refractivity contribution in [1.29, 1.82) is 0 Å². The molecule has 0 radical (unpaired) electrons. The topological polar surface area (TPSA) is 66.4 Å². The number of amides is 1. The molecule has 2 N–H and O–H groups in total. The first-order valence-corrected chi connectivity index (χ1v) is 7.42. The molecule has 0 aliphatic carbocycles. The number of nitrogens with one attached hydrogen (secondary N) is 1. The number of hydrogen-bond donors (Lipinski definition) is 2. The van der Waals surface area contributed by atoms with Gasteiger partial charge in [-0.15, -0.1) is 0 Å². The van der Waals surface area contributed by atoms with Crippen molar-refractivity contribution in [3.05, 3.63) is 48.0 Å². The lowest BCUT2D eigenvalue weighted by molar-refractivity contribution is -0.143. The Morgan fingerprint density at radius 1 is 1.00 bits per heavy atom. The summed E-state index contributed by atoms with van der Waals surface area (Å²) in [6, 6.07) is 12.9. The third kappa shape index (κ3) is 3.45. The summed E-state index contributed by atoms with van der Waals surface area (Å²) >= 11 is 0. The predicted octanol–water partition coefficient (Wildman–Crippen LogP) is 3.17. The van der Waals surface area contributed by atoms with Crippen molar-refractivity contribution >= 4 is 22.6 Å². The molecular weight excluding hydrogens is 278 g/mol. The van der Waals surface area contributed by atoms with Gasteiger partial charge in [-0.2, -0.15) is 0 Å². The van der Waals surface area contributed by atoms with Gasteiger partial charge in [-0.25, -0.2) is 4.79 Å². The molecule has 1 unspecified atom stereocenters. The van der Waals surface area contributed by atoms with Crippen molar-refractivity contribution < 1.29 is 14.7 Å². The number of carbonyl (C=O) groups is 2. The number of carbonyl (C=O) groups excluding carboxylic acids is 1. The molecular formula is C18H21NO3. The van der Waals surface area contributed by atoms with Crippen LogP contribution in [0.4, 0.5) is 0 Å². The van der Waals surface area contributed by atoms with E-state index < -0.39 is 17.9 Å². The van der Waals surface area contributed by atoms with E-state index in [-0.39, 0.29) is 11.8 Å². The van der Waals surface area contributed by atoms with Gasteiger partial charge in [-0.3, -0.25) is 4.79 Å². The number of benzene rings is 2. The Hall–Kier alpha value is -2.36. The minimum Gasteiger partial charge on any atom is -0.480 e. The normalized spacial score (nSPS) is 13.8. The average Bonchev–Trinajstić information content (AvgIpc) is 2.50. The molecule has 2 aromatic rings. The maximum absolute atomic E-state index is 12.3. The number of fused-ring (bicyclic) bond motifs is 1. The first kappa shape index (κ1) is 16.0. The molecule has 4 nitrogen and oxygen atoms in total. The molecule has 0 aromatic heterocycles. The smallest absolute Gasteiger partial charge is 0.326 e. The van der Waals surface area contributed by atoms with Crippen molar-refractivity contribution in [3.63, 3.8) is 0 Å². The second-order valence-corrected chi connectivity index (χ2v) is 5.90. The second-order valence-electron chi connectivity index (χ2n) is 5.90. The molecule has 0 fully saturated rings. The van der Waals surface area contributed by atoms with Gasteiger partial charge >= 0.3 is 5.97 Å². The van der Waals surface area contributed by atoms with Gasteiger partial charge in [0.15, 0.2) is 0 Å². The summed E-state index contributed by atoms with van der Waals surface area (Å²) in [5, 5.41) is 14.0. The van der Waals surface area contributed by atoms with Crippen LogP contribution in [0.3, 0.4) is 0 Å². The van der Waals surface area contributed by atoms with Crippen LogP contribution < -0.4 is 5.32 Å². The highest BCUT2D eigenvalue weighted by Gasteiger charge is 2.26. The maximum Gasteiger partial charge on any atom is 0.326 e. The van der Waals surface area contributed by atoms with E-state index >= 15 is 0 Å². The van der Waals surface area contributed by atoms with Crippen LogP contribution in [0.5, 0.6) is 0 Å². The molecule has 0 spiro atoms. The number of carboxylic acid groups (broad SMARTS) is 1. The SMILES string of the molecule is CC(C(=O)N[C@H](C(=O)O)C(C)C)c1ccc2ccccc2c1. The van der Waals surface area contributed by atoms with E-state index in [0.717, 1.165) is 16.3 Å². The van der Waals surface area contributed by atoms with Crippen LogP contribution in [0, 0.1) is 5.92 Å². The Labute approximate surface area is 130 Å². The molecule has 0 saturated carbocycles. The summed E-state index contributed by atoms with van der Waals surface area (Å²) < 4.78 is 0. The number of carboxylic acids is 1. The molecule has 22 heavy (non-hydrogen) atoms. The monoisotopic (exact) mass is 299 g/mol. The summed E-state index contributed by atoms with van der Waals surface area (Å²) in [7, 11) is 0. The van der Waals surface area contributed by atoms with Crippen LogP contribution in [0.2, 0.25) is 0 Å². The van der Waals surface area contributed by atoms with E-state index in [0.29, 0.717) is 0 Å². The Morgan fingerprint density at radius 3 is 2.23 bits per heavy atom. The van der Waals surface area contributed by atoms with Crippen LogP contribution in [0.25, 0.3) is 10.8 Å². The zero-order chi connectivity index (χ0) is 16.3. The molecule has 116 valence electrons. The van der Waals surface area contributed by atoms with Gasteiger partial charge in [-0.05, 0) is 29.2 Å². The van der Waals surface area contributed by atoms with E-state index in [1.54, 1.807) is 20.8 Å². The predicted molar refractivity (Wildman–Crippen MR) is 86.8 cm³/mol. The third-order valence-corrected chi connectivity index (χ3v) is 3.90. The molecule has 2 aromatic carbocycles. The van der Waals surface area contributed by atoms with Crippen molar-refractivity contribution in [2.75, 3.05) is 0 Å². The molecule has 0 aliphatic heterocycles. The first-order chi connectivity index (χ1) is 10.4. The van der Waals surface area contributed by atoms with Crippen molar-refractivity contribution in [1.82, 2.24) is 5.32 Å². The van der Waals surface area contributed by atoms with Gasteiger partial charge in [0, 0.05) is 0 Å². The fourth-order valence-electron chi connectivity index (χ4n) is 2.42. The summed E-state index contributed by atoms with van der Waals surface area (Å²) in [4.78, 5) is 23.5. The van der Waals surface area contributed by atoms with Crippen molar-refractivity contribution in [2.45, 2.75) is 32.7 Å². The first-order valence-electron chi connectivity index (χ1n) is 7.42. The maximum atomic E-state index is 12.3. The van der Waals surface area contributed by atoms with Gasteiger partial charge in [0.1, 0.15) is 6.04 Å².